The minimum absolute atomic E-state index is 0.417. The summed E-state index contributed by atoms with van der Waals surface area (Å²) >= 11 is 0. The Balaban J connectivity index is 2.20. The zero-order chi connectivity index (χ0) is 22.0. The van der Waals surface area contributed by atoms with Crippen molar-refractivity contribution in [3.05, 3.63) is 69.8 Å². The maximum atomic E-state index is 3.85. The van der Waals surface area contributed by atoms with Crippen LogP contribution in [0.15, 0.2) is 36.4 Å². The minimum atomic E-state index is 0.417. The fourth-order valence-electron chi connectivity index (χ4n) is 4.75. The summed E-state index contributed by atoms with van der Waals surface area (Å²) in [4.78, 5) is 0. The zero-order valence-electron chi connectivity index (χ0n) is 20.5. The van der Waals surface area contributed by atoms with Crippen LogP contribution >= 0.6 is 0 Å². The molecule has 30 heavy (non-hydrogen) atoms. The highest BCUT2D eigenvalue weighted by atomic mass is 14.9. The van der Waals surface area contributed by atoms with Crippen LogP contribution in [0.1, 0.15) is 131 Å². The summed E-state index contributed by atoms with van der Waals surface area (Å²) < 4.78 is 0. The Hall–Kier alpha value is -1.60. The normalized spacial score (nSPS) is 17.3. The first kappa shape index (κ1) is 23.1. The van der Waals surface area contributed by atoms with Crippen LogP contribution in [-0.2, 0) is 0 Å². The van der Waals surface area contributed by atoms with E-state index in [0.717, 1.165) is 6.54 Å². The predicted octanol–water partition coefficient (Wildman–Crippen LogP) is 8.06. The molecule has 1 aliphatic rings. The van der Waals surface area contributed by atoms with Crippen molar-refractivity contribution in [3.63, 3.8) is 0 Å². The molecule has 1 N–H and O–H groups in total. The Morgan fingerprint density at radius 1 is 0.567 bits per heavy atom. The van der Waals surface area contributed by atoms with Gasteiger partial charge in [0.25, 0.3) is 0 Å². The molecular formula is C29H43N. The number of hydrogen-bond donors (Lipinski definition) is 1. The van der Waals surface area contributed by atoms with Crippen molar-refractivity contribution in [2.75, 3.05) is 6.54 Å². The van der Waals surface area contributed by atoms with Gasteiger partial charge in [-0.15, -0.1) is 0 Å². The van der Waals surface area contributed by atoms with Crippen molar-refractivity contribution in [2.24, 2.45) is 0 Å². The topological polar surface area (TPSA) is 12.0 Å². The fraction of sp³-hybridized carbons (Fsp3) is 0.586. The molecule has 0 aliphatic carbocycles. The molecular weight excluding hydrogens is 362 g/mol. The third kappa shape index (κ3) is 5.17. The molecule has 1 saturated heterocycles. The highest BCUT2D eigenvalue weighted by Gasteiger charge is 2.29. The van der Waals surface area contributed by atoms with E-state index < -0.39 is 0 Å². The minimum Gasteiger partial charge on any atom is -0.313 e. The molecule has 1 heterocycles. The van der Waals surface area contributed by atoms with Gasteiger partial charge in [0.2, 0.25) is 0 Å². The lowest BCUT2D eigenvalue weighted by Gasteiger charge is -2.29. The Morgan fingerprint density at radius 2 is 0.900 bits per heavy atom. The van der Waals surface area contributed by atoms with Crippen LogP contribution in [0, 0.1) is 0 Å². The average molecular weight is 406 g/mol. The van der Waals surface area contributed by atoms with Crippen LogP contribution in [0.25, 0.3) is 0 Å². The summed E-state index contributed by atoms with van der Waals surface area (Å²) in [6, 6.07) is 15.4. The number of benzene rings is 2. The van der Waals surface area contributed by atoms with E-state index in [4.69, 9.17) is 0 Å². The van der Waals surface area contributed by atoms with Gasteiger partial charge < -0.3 is 5.32 Å². The van der Waals surface area contributed by atoms with E-state index in [1.54, 1.807) is 0 Å². The van der Waals surface area contributed by atoms with Crippen molar-refractivity contribution < 1.29 is 0 Å². The summed E-state index contributed by atoms with van der Waals surface area (Å²) in [7, 11) is 0. The lowest BCUT2D eigenvalue weighted by atomic mass is 9.79. The zero-order valence-corrected chi connectivity index (χ0v) is 20.5. The highest BCUT2D eigenvalue weighted by Crippen LogP contribution is 2.38. The van der Waals surface area contributed by atoms with E-state index >= 15 is 0 Å². The fourth-order valence-corrected chi connectivity index (χ4v) is 4.75. The largest absolute Gasteiger partial charge is 0.313 e. The van der Waals surface area contributed by atoms with Gasteiger partial charge in [-0.2, -0.15) is 0 Å². The summed E-state index contributed by atoms with van der Waals surface area (Å²) in [6.45, 7) is 19.7. The van der Waals surface area contributed by atoms with Crippen molar-refractivity contribution >= 4 is 0 Å². The molecule has 164 valence electrons. The van der Waals surface area contributed by atoms with E-state index in [2.05, 4.69) is 97.1 Å². The third-order valence-electron chi connectivity index (χ3n) is 6.89. The molecule has 1 aliphatic heterocycles. The van der Waals surface area contributed by atoms with Gasteiger partial charge in [0.1, 0.15) is 0 Å². The van der Waals surface area contributed by atoms with E-state index in [1.165, 1.54) is 46.2 Å². The molecule has 1 fully saturated rings. The van der Waals surface area contributed by atoms with Gasteiger partial charge >= 0.3 is 0 Å². The molecule has 0 unspecified atom stereocenters. The number of rotatable bonds is 7. The van der Waals surface area contributed by atoms with E-state index in [9.17, 15) is 0 Å². The van der Waals surface area contributed by atoms with Crippen molar-refractivity contribution in [1.82, 2.24) is 5.32 Å². The Morgan fingerprint density at radius 3 is 1.17 bits per heavy atom. The second-order valence-corrected chi connectivity index (χ2v) is 10.7. The monoisotopic (exact) mass is 405 g/mol. The highest BCUT2D eigenvalue weighted by molar-refractivity contribution is 5.44. The van der Waals surface area contributed by atoms with Gasteiger partial charge in [-0.25, -0.2) is 0 Å². The maximum absolute atomic E-state index is 3.85. The van der Waals surface area contributed by atoms with Crippen LogP contribution in [-0.4, -0.2) is 12.6 Å². The van der Waals surface area contributed by atoms with Crippen LogP contribution in [0.2, 0.25) is 0 Å². The standard InChI is InChI=1S/C29H43N/c1-18(2)22-12-23(19(3)4)15-26(14-22)29(28-10-9-11-30-28)27-16-24(20(5)6)13-25(17-27)21(7)8/h12-21,28-30H,9-11H2,1-8H3/t28-/m1/s1. The first-order valence-corrected chi connectivity index (χ1v) is 12.2. The summed E-state index contributed by atoms with van der Waals surface area (Å²) in [5, 5.41) is 3.85. The van der Waals surface area contributed by atoms with Gasteiger partial charge in [-0.05, 0) is 76.4 Å². The van der Waals surface area contributed by atoms with Crippen LogP contribution in [0.5, 0.6) is 0 Å². The summed E-state index contributed by atoms with van der Waals surface area (Å²) in [5.74, 6) is 2.61. The smallest absolute Gasteiger partial charge is 0.0243 e. The summed E-state index contributed by atoms with van der Waals surface area (Å²) in [5.41, 5.74) is 8.90. The average Bonchev–Trinajstić information content (AvgIpc) is 3.21. The molecule has 0 bridgehead atoms. The van der Waals surface area contributed by atoms with Gasteiger partial charge in [0.15, 0.2) is 0 Å². The molecule has 0 saturated carbocycles. The van der Waals surface area contributed by atoms with Gasteiger partial charge in [0, 0.05) is 12.0 Å². The second kappa shape index (κ2) is 9.69. The number of hydrogen-bond acceptors (Lipinski definition) is 1. The van der Waals surface area contributed by atoms with E-state index in [1.807, 2.05) is 0 Å². The summed E-state index contributed by atoms with van der Waals surface area (Å²) in [6.07, 6.45) is 2.54. The van der Waals surface area contributed by atoms with E-state index in [-0.39, 0.29) is 0 Å². The molecule has 0 amide bonds. The molecule has 3 rings (SSSR count). The van der Waals surface area contributed by atoms with E-state index in [0.29, 0.717) is 35.6 Å². The molecule has 0 radical (unpaired) electrons. The first-order chi connectivity index (χ1) is 14.2. The maximum Gasteiger partial charge on any atom is 0.0243 e. The van der Waals surface area contributed by atoms with Gasteiger partial charge in [-0.1, -0.05) is 91.8 Å². The molecule has 2 aromatic carbocycles. The quantitative estimate of drug-likeness (QED) is 0.491. The molecule has 1 nitrogen and oxygen atoms in total. The second-order valence-electron chi connectivity index (χ2n) is 10.7. The van der Waals surface area contributed by atoms with Crippen LogP contribution in [0.4, 0.5) is 0 Å². The first-order valence-electron chi connectivity index (χ1n) is 12.2. The Kier molecular flexibility index (Phi) is 7.45. The van der Waals surface area contributed by atoms with Crippen LogP contribution in [0.3, 0.4) is 0 Å². The van der Waals surface area contributed by atoms with Crippen molar-refractivity contribution in [2.45, 2.75) is 104 Å². The van der Waals surface area contributed by atoms with Crippen LogP contribution < -0.4 is 5.32 Å². The van der Waals surface area contributed by atoms with Crippen molar-refractivity contribution in [1.29, 1.82) is 0 Å². The Bertz CT molecular complexity index is 721. The third-order valence-corrected chi connectivity index (χ3v) is 6.89. The SMILES string of the molecule is CC(C)c1cc(C(C)C)cc(C(c2cc(C(C)C)cc(C(C)C)c2)[C@H]2CCCN2)c1. The van der Waals surface area contributed by atoms with Crippen molar-refractivity contribution in [3.8, 4) is 0 Å². The number of nitrogens with one attached hydrogen (secondary N) is 1. The molecule has 0 spiro atoms. The van der Waals surface area contributed by atoms with Gasteiger partial charge in [-0.3, -0.25) is 0 Å². The Labute approximate surface area is 185 Å². The predicted molar refractivity (Wildman–Crippen MR) is 132 cm³/mol. The molecule has 0 aromatic heterocycles. The molecule has 1 atom stereocenters. The lowest BCUT2D eigenvalue weighted by molar-refractivity contribution is 0.538. The lowest BCUT2D eigenvalue weighted by Crippen LogP contribution is -2.30. The molecule has 1 heteroatoms. The van der Waals surface area contributed by atoms with Gasteiger partial charge in [0.05, 0.1) is 0 Å². The molecule has 2 aromatic rings.